The predicted octanol–water partition coefficient (Wildman–Crippen LogP) is 2.31. The molecular weight excluding hydrogens is 246 g/mol. The highest BCUT2D eigenvalue weighted by Gasteiger charge is 1.98. The third kappa shape index (κ3) is 1.67. The van der Waals surface area contributed by atoms with Gasteiger partial charge in [-0.15, -0.1) is 0 Å². The lowest BCUT2D eigenvalue weighted by molar-refractivity contribution is 0.414. The Morgan fingerprint density at radius 1 is 1.50 bits per heavy atom. The molecule has 1 radical (unpaired) electrons. The van der Waals surface area contributed by atoms with Gasteiger partial charge in [0.15, 0.2) is 0 Å². The summed E-state index contributed by atoms with van der Waals surface area (Å²) < 4.78 is 13.2. The van der Waals surface area contributed by atoms with Crippen LogP contribution in [0.2, 0.25) is 0 Å². The lowest BCUT2D eigenvalue weighted by atomic mass is 10.2. The third-order valence-electron chi connectivity index (χ3n) is 1.09. The molecule has 0 bridgehead atoms. The van der Waals surface area contributed by atoms with Gasteiger partial charge in [-0.3, -0.25) is 0 Å². The molecule has 0 atom stereocenters. The molecule has 0 aliphatic heterocycles. The highest BCUT2D eigenvalue weighted by Crippen LogP contribution is 2.12. The Hall–Kier alpha value is -0.160. The van der Waals surface area contributed by atoms with E-state index in [1.807, 2.05) is 22.6 Å². The number of aliphatic hydroxyl groups excluding tert-OH is 1. The molecule has 3 heteroatoms. The van der Waals surface area contributed by atoms with Crippen LogP contribution >= 0.6 is 22.6 Å². The van der Waals surface area contributed by atoms with E-state index in [4.69, 9.17) is 5.11 Å². The van der Waals surface area contributed by atoms with Crippen molar-refractivity contribution in [3.8, 4) is 0 Å². The van der Waals surface area contributed by atoms with E-state index in [0.29, 0.717) is 9.13 Å². The van der Waals surface area contributed by atoms with Crippen LogP contribution in [0.25, 0.3) is 0 Å². The van der Waals surface area contributed by atoms with Gasteiger partial charge in [0.2, 0.25) is 0 Å². The molecule has 0 aliphatic rings. The molecule has 0 aliphatic carbocycles. The van der Waals surface area contributed by atoms with Crippen molar-refractivity contribution in [2.75, 3.05) is 0 Å². The molecule has 0 unspecified atom stereocenters. The SMILES string of the molecule is O[CH]c1ccc(I)c(F)c1. The van der Waals surface area contributed by atoms with Gasteiger partial charge in [-0.2, -0.15) is 0 Å². The van der Waals surface area contributed by atoms with Gasteiger partial charge in [0.25, 0.3) is 0 Å². The normalized spacial score (nSPS) is 9.90. The minimum Gasteiger partial charge on any atom is -0.385 e. The summed E-state index contributed by atoms with van der Waals surface area (Å²) in [7, 11) is 0. The molecular formula is C7H5FIO. The van der Waals surface area contributed by atoms with Crippen molar-refractivity contribution in [3.05, 3.63) is 39.8 Å². The largest absolute Gasteiger partial charge is 0.385 e. The molecule has 0 saturated carbocycles. The van der Waals surface area contributed by atoms with Crippen molar-refractivity contribution >= 4 is 22.6 Å². The molecule has 0 fully saturated rings. The Labute approximate surface area is 72.0 Å². The molecule has 1 aromatic carbocycles. The highest BCUT2D eigenvalue weighted by atomic mass is 127. The summed E-state index contributed by atoms with van der Waals surface area (Å²) in [6, 6.07) is 4.53. The molecule has 1 nitrogen and oxygen atoms in total. The highest BCUT2D eigenvalue weighted by molar-refractivity contribution is 14.1. The Morgan fingerprint density at radius 3 is 2.70 bits per heavy atom. The summed E-state index contributed by atoms with van der Waals surface area (Å²) in [6.07, 6.45) is 0. The molecule has 1 aromatic rings. The van der Waals surface area contributed by atoms with Gasteiger partial charge in [-0.05, 0) is 40.3 Å². The summed E-state index contributed by atoms with van der Waals surface area (Å²) >= 11 is 1.89. The van der Waals surface area contributed by atoms with Crippen LogP contribution in [0, 0.1) is 16.0 Å². The van der Waals surface area contributed by atoms with E-state index in [9.17, 15) is 4.39 Å². The number of benzene rings is 1. The fourth-order valence-electron chi connectivity index (χ4n) is 0.593. The van der Waals surface area contributed by atoms with Crippen molar-refractivity contribution in [2.24, 2.45) is 0 Å². The van der Waals surface area contributed by atoms with Gasteiger partial charge in [0.1, 0.15) is 12.4 Å². The van der Waals surface area contributed by atoms with Crippen molar-refractivity contribution in [3.63, 3.8) is 0 Å². The molecule has 0 heterocycles. The van der Waals surface area contributed by atoms with E-state index in [-0.39, 0.29) is 5.82 Å². The molecule has 10 heavy (non-hydrogen) atoms. The van der Waals surface area contributed by atoms with Crippen LogP contribution < -0.4 is 0 Å². The third-order valence-corrected chi connectivity index (χ3v) is 1.97. The van der Waals surface area contributed by atoms with Crippen LogP contribution in [0.15, 0.2) is 18.2 Å². The number of rotatable bonds is 1. The first-order valence-corrected chi connectivity index (χ1v) is 3.74. The molecule has 53 valence electrons. The zero-order valence-electron chi connectivity index (χ0n) is 5.01. The van der Waals surface area contributed by atoms with Crippen molar-refractivity contribution in [2.45, 2.75) is 0 Å². The topological polar surface area (TPSA) is 20.2 Å². The molecule has 1 rings (SSSR count). The number of hydrogen-bond acceptors (Lipinski definition) is 1. The summed E-state index contributed by atoms with van der Waals surface area (Å²) in [5.41, 5.74) is 0.484. The minimum atomic E-state index is -0.302. The van der Waals surface area contributed by atoms with Crippen LogP contribution in [-0.2, 0) is 0 Å². The maximum Gasteiger partial charge on any atom is 0.136 e. The van der Waals surface area contributed by atoms with Gasteiger partial charge in [-0.1, -0.05) is 6.07 Å². The van der Waals surface area contributed by atoms with E-state index in [2.05, 4.69) is 0 Å². The second-order valence-corrected chi connectivity index (χ2v) is 2.96. The summed E-state index contributed by atoms with van der Waals surface area (Å²) in [5, 5.41) is 8.46. The van der Waals surface area contributed by atoms with E-state index < -0.39 is 0 Å². The van der Waals surface area contributed by atoms with Gasteiger partial charge in [-0.25, -0.2) is 4.39 Å². The Bertz CT molecular complexity index is 237. The number of hydrogen-bond donors (Lipinski definition) is 1. The van der Waals surface area contributed by atoms with Crippen LogP contribution in [-0.4, -0.2) is 5.11 Å². The zero-order valence-corrected chi connectivity index (χ0v) is 7.17. The number of halogens is 2. The van der Waals surface area contributed by atoms with Crippen LogP contribution in [0.3, 0.4) is 0 Å². The van der Waals surface area contributed by atoms with Crippen LogP contribution in [0.1, 0.15) is 5.56 Å². The maximum absolute atomic E-state index is 12.6. The van der Waals surface area contributed by atoms with E-state index >= 15 is 0 Å². The van der Waals surface area contributed by atoms with E-state index in [1.54, 1.807) is 12.1 Å². The van der Waals surface area contributed by atoms with Crippen molar-refractivity contribution in [1.82, 2.24) is 0 Å². The molecule has 0 spiro atoms. The van der Waals surface area contributed by atoms with Crippen molar-refractivity contribution < 1.29 is 9.50 Å². The zero-order chi connectivity index (χ0) is 7.56. The first-order valence-electron chi connectivity index (χ1n) is 2.66. The molecule has 0 aromatic heterocycles. The van der Waals surface area contributed by atoms with E-state index in [0.717, 1.165) is 6.61 Å². The molecule has 0 saturated heterocycles. The monoisotopic (exact) mass is 251 g/mol. The summed E-state index contributed by atoms with van der Waals surface area (Å²) in [5.74, 6) is -0.302. The average molecular weight is 251 g/mol. The van der Waals surface area contributed by atoms with Gasteiger partial charge < -0.3 is 5.11 Å². The lowest BCUT2D eigenvalue weighted by Gasteiger charge is -1.95. The lowest BCUT2D eigenvalue weighted by Crippen LogP contribution is -1.85. The first kappa shape index (κ1) is 7.94. The van der Waals surface area contributed by atoms with Crippen LogP contribution in [0.5, 0.6) is 0 Å². The molecule has 0 amide bonds. The average Bonchev–Trinajstić information content (AvgIpc) is 1.95. The van der Waals surface area contributed by atoms with Crippen molar-refractivity contribution in [1.29, 1.82) is 0 Å². The Kier molecular flexibility index (Phi) is 2.62. The quantitative estimate of drug-likeness (QED) is 0.759. The minimum absolute atomic E-state index is 0.302. The standard InChI is InChI=1S/C7H5FIO/c8-6-3-5(4-10)1-2-7(6)9/h1-4,10H. The number of aliphatic hydroxyl groups is 1. The summed E-state index contributed by atoms with van der Waals surface area (Å²) in [4.78, 5) is 0. The molecule has 1 N–H and O–H groups in total. The Morgan fingerprint density at radius 2 is 2.20 bits per heavy atom. The first-order chi connectivity index (χ1) is 4.74. The van der Waals surface area contributed by atoms with Crippen LogP contribution in [0.4, 0.5) is 4.39 Å². The second-order valence-electron chi connectivity index (χ2n) is 1.80. The summed E-state index contributed by atoms with van der Waals surface area (Å²) in [6.45, 7) is 0.874. The van der Waals surface area contributed by atoms with Gasteiger partial charge in [0, 0.05) is 3.57 Å². The Balaban J connectivity index is 3.04. The van der Waals surface area contributed by atoms with Gasteiger partial charge in [0.05, 0.1) is 0 Å². The fourth-order valence-corrected chi connectivity index (χ4v) is 0.928. The van der Waals surface area contributed by atoms with Gasteiger partial charge >= 0.3 is 0 Å². The second kappa shape index (κ2) is 3.30. The maximum atomic E-state index is 12.6. The fraction of sp³-hybridized carbons (Fsp3) is 0. The predicted molar refractivity (Wildman–Crippen MR) is 44.5 cm³/mol. The van der Waals surface area contributed by atoms with E-state index in [1.165, 1.54) is 6.07 Å². The smallest absolute Gasteiger partial charge is 0.136 e.